The standard InChI is InChI=1S/C13H21BrN2S/c1-2-7-16(12-3-5-15-6-4-12)9-13-8-11(14)10-17-13/h8,10,12,15H,2-7,9H2,1H3. The molecule has 0 aliphatic carbocycles. The van der Waals surface area contributed by atoms with Crippen molar-refractivity contribution < 1.29 is 0 Å². The number of thiophene rings is 1. The van der Waals surface area contributed by atoms with Crippen molar-refractivity contribution in [3.8, 4) is 0 Å². The summed E-state index contributed by atoms with van der Waals surface area (Å²) in [5.74, 6) is 0. The number of hydrogen-bond acceptors (Lipinski definition) is 3. The quantitative estimate of drug-likeness (QED) is 0.894. The van der Waals surface area contributed by atoms with Gasteiger partial charge in [0.25, 0.3) is 0 Å². The van der Waals surface area contributed by atoms with Crippen LogP contribution in [-0.4, -0.2) is 30.6 Å². The third-order valence-electron chi connectivity index (χ3n) is 3.32. The van der Waals surface area contributed by atoms with Crippen LogP contribution in [0.25, 0.3) is 0 Å². The Morgan fingerprint density at radius 3 is 2.82 bits per heavy atom. The molecule has 17 heavy (non-hydrogen) atoms. The first-order valence-electron chi connectivity index (χ1n) is 6.47. The molecule has 96 valence electrons. The second-order valence-corrected chi connectivity index (χ2v) is 6.59. The van der Waals surface area contributed by atoms with Crippen LogP contribution in [-0.2, 0) is 6.54 Å². The van der Waals surface area contributed by atoms with Crippen molar-refractivity contribution >= 4 is 27.3 Å². The molecule has 1 aliphatic heterocycles. The van der Waals surface area contributed by atoms with Gasteiger partial charge in [0.1, 0.15) is 0 Å². The molecule has 1 saturated heterocycles. The van der Waals surface area contributed by atoms with E-state index < -0.39 is 0 Å². The molecule has 1 aromatic rings. The molecular weight excluding hydrogens is 296 g/mol. The molecule has 1 fully saturated rings. The largest absolute Gasteiger partial charge is 0.317 e. The molecule has 1 N–H and O–H groups in total. The average Bonchev–Trinajstić information content (AvgIpc) is 2.75. The first kappa shape index (κ1) is 13.5. The Labute approximate surface area is 117 Å². The highest BCUT2D eigenvalue weighted by molar-refractivity contribution is 9.10. The van der Waals surface area contributed by atoms with Gasteiger partial charge in [-0.1, -0.05) is 6.92 Å². The maximum Gasteiger partial charge on any atom is 0.0331 e. The molecular formula is C13H21BrN2S. The Balaban J connectivity index is 1.95. The SMILES string of the molecule is CCCN(Cc1cc(Br)cs1)C1CCNCC1. The molecule has 0 amide bonds. The maximum atomic E-state index is 3.54. The molecule has 0 spiro atoms. The van der Waals surface area contributed by atoms with Crippen molar-refractivity contribution in [1.82, 2.24) is 10.2 Å². The first-order chi connectivity index (χ1) is 8.29. The third kappa shape index (κ3) is 4.05. The van der Waals surface area contributed by atoms with Crippen LogP contribution in [0, 0.1) is 0 Å². The molecule has 1 aromatic heterocycles. The van der Waals surface area contributed by atoms with Crippen molar-refractivity contribution in [2.45, 2.75) is 38.8 Å². The molecule has 0 atom stereocenters. The fourth-order valence-electron chi connectivity index (χ4n) is 2.49. The molecule has 2 rings (SSSR count). The highest BCUT2D eigenvalue weighted by atomic mass is 79.9. The minimum Gasteiger partial charge on any atom is -0.317 e. The lowest BCUT2D eigenvalue weighted by atomic mass is 10.0. The van der Waals surface area contributed by atoms with Gasteiger partial charge in [-0.3, -0.25) is 4.90 Å². The van der Waals surface area contributed by atoms with E-state index >= 15 is 0 Å². The van der Waals surface area contributed by atoms with Gasteiger partial charge in [-0.05, 0) is 60.9 Å². The normalized spacial score (nSPS) is 17.8. The third-order valence-corrected chi connectivity index (χ3v) is 5.00. The van der Waals surface area contributed by atoms with Crippen LogP contribution < -0.4 is 5.32 Å². The monoisotopic (exact) mass is 316 g/mol. The molecule has 1 aliphatic rings. The van der Waals surface area contributed by atoms with Crippen LogP contribution in [0.3, 0.4) is 0 Å². The van der Waals surface area contributed by atoms with E-state index in [9.17, 15) is 0 Å². The number of nitrogens with zero attached hydrogens (tertiary/aromatic N) is 1. The Morgan fingerprint density at radius 1 is 1.47 bits per heavy atom. The van der Waals surface area contributed by atoms with Gasteiger partial charge >= 0.3 is 0 Å². The van der Waals surface area contributed by atoms with Crippen LogP contribution in [0.5, 0.6) is 0 Å². The van der Waals surface area contributed by atoms with Gasteiger partial charge in [-0.2, -0.15) is 0 Å². The van der Waals surface area contributed by atoms with Gasteiger partial charge in [-0.15, -0.1) is 11.3 Å². The zero-order valence-corrected chi connectivity index (χ0v) is 12.8. The van der Waals surface area contributed by atoms with Gasteiger partial charge in [0.2, 0.25) is 0 Å². The predicted molar refractivity (Wildman–Crippen MR) is 78.6 cm³/mol. The zero-order valence-electron chi connectivity index (χ0n) is 10.4. The molecule has 0 bridgehead atoms. The lowest BCUT2D eigenvalue weighted by molar-refractivity contribution is 0.155. The fourth-order valence-corrected chi connectivity index (χ4v) is 3.96. The van der Waals surface area contributed by atoms with E-state index in [0.29, 0.717) is 0 Å². The fraction of sp³-hybridized carbons (Fsp3) is 0.692. The van der Waals surface area contributed by atoms with Crippen molar-refractivity contribution in [2.24, 2.45) is 0 Å². The Kier molecular flexibility index (Phi) is 5.48. The van der Waals surface area contributed by atoms with Gasteiger partial charge in [0, 0.05) is 27.3 Å². The minimum atomic E-state index is 0.775. The van der Waals surface area contributed by atoms with Gasteiger partial charge < -0.3 is 5.32 Å². The molecule has 0 unspecified atom stereocenters. The van der Waals surface area contributed by atoms with Crippen molar-refractivity contribution in [1.29, 1.82) is 0 Å². The van der Waals surface area contributed by atoms with E-state index in [1.165, 1.54) is 48.2 Å². The molecule has 0 saturated carbocycles. The van der Waals surface area contributed by atoms with E-state index in [-0.39, 0.29) is 0 Å². The van der Waals surface area contributed by atoms with Gasteiger partial charge in [0.15, 0.2) is 0 Å². The van der Waals surface area contributed by atoms with E-state index in [1.54, 1.807) is 0 Å². The van der Waals surface area contributed by atoms with Crippen LogP contribution in [0.15, 0.2) is 15.9 Å². The lowest BCUT2D eigenvalue weighted by Crippen LogP contribution is -2.42. The smallest absolute Gasteiger partial charge is 0.0331 e. The Hall–Kier alpha value is 0.1000. The Bertz CT molecular complexity index is 334. The predicted octanol–water partition coefficient (Wildman–Crippen LogP) is 3.47. The summed E-state index contributed by atoms with van der Waals surface area (Å²) in [6, 6.07) is 3.03. The van der Waals surface area contributed by atoms with Crippen LogP contribution in [0.2, 0.25) is 0 Å². The molecule has 2 nitrogen and oxygen atoms in total. The average molecular weight is 317 g/mol. The summed E-state index contributed by atoms with van der Waals surface area (Å²) in [7, 11) is 0. The molecule has 0 radical (unpaired) electrons. The number of piperidine rings is 1. The highest BCUT2D eigenvalue weighted by Gasteiger charge is 2.20. The number of rotatable bonds is 5. The summed E-state index contributed by atoms with van der Waals surface area (Å²) in [4.78, 5) is 4.14. The molecule has 2 heterocycles. The van der Waals surface area contributed by atoms with Crippen molar-refractivity contribution in [3.05, 3.63) is 20.8 Å². The lowest BCUT2D eigenvalue weighted by Gasteiger charge is -2.34. The number of nitrogens with one attached hydrogen (secondary N) is 1. The van der Waals surface area contributed by atoms with Gasteiger partial charge in [0.05, 0.1) is 0 Å². The van der Waals surface area contributed by atoms with E-state index in [0.717, 1.165) is 12.6 Å². The summed E-state index contributed by atoms with van der Waals surface area (Å²) >= 11 is 5.40. The molecule has 0 aromatic carbocycles. The minimum absolute atomic E-state index is 0.775. The maximum absolute atomic E-state index is 3.54. The van der Waals surface area contributed by atoms with Crippen LogP contribution in [0.1, 0.15) is 31.1 Å². The summed E-state index contributed by atoms with van der Waals surface area (Å²) in [6.45, 7) is 6.98. The van der Waals surface area contributed by atoms with Crippen molar-refractivity contribution in [2.75, 3.05) is 19.6 Å². The summed E-state index contributed by atoms with van der Waals surface area (Å²) in [6.07, 6.45) is 3.84. The number of halogens is 1. The highest BCUT2D eigenvalue weighted by Crippen LogP contribution is 2.23. The second-order valence-electron chi connectivity index (χ2n) is 4.68. The topological polar surface area (TPSA) is 15.3 Å². The second kappa shape index (κ2) is 6.88. The van der Waals surface area contributed by atoms with E-state index in [4.69, 9.17) is 0 Å². The van der Waals surface area contributed by atoms with Crippen LogP contribution in [0.4, 0.5) is 0 Å². The zero-order chi connectivity index (χ0) is 12.1. The number of hydrogen-bond donors (Lipinski definition) is 1. The van der Waals surface area contributed by atoms with Crippen molar-refractivity contribution in [3.63, 3.8) is 0 Å². The van der Waals surface area contributed by atoms with Crippen LogP contribution >= 0.6 is 27.3 Å². The van der Waals surface area contributed by atoms with E-state index in [2.05, 4.69) is 44.5 Å². The van der Waals surface area contributed by atoms with E-state index in [1.807, 2.05) is 11.3 Å². The van der Waals surface area contributed by atoms with Gasteiger partial charge in [-0.25, -0.2) is 0 Å². The first-order valence-corrected chi connectivity index (χ1v) is 8.14. The summed E-state index contributed by atoms with van der Waals surface area (Å²) < 4.78 is 1.22. The Morgan fingerprint density at radius 2 is 2.24 bits per heavy atom. The summed E-state index contributed by atoms with van der Waals surface area (Å²) in [5.41, 5.74) is 0. The molecule has 4 heteroatoms. The summed E-state index contributed by atoms with van der Waals surface area (Å²) in [5, 5.41) is 5.63.